The first-order chi connectivity index (χ1) is 69.1. The van der Waals surface area contributed by atoms with E-state index in [0.717, 1.165) is 55.4 Å². The van der Waals surface area contributed by atoms with Crippen molar-refractivity contribution >= 4 is 130 Å². The van der Waals surface area contributed by atoms with Gasteiger partial charge in [-0.2, -0.15) is 0 Å². The van der Waals surface area contributed by atoms with Gasteiger partial charge >= 0.3 is 5.97 Å². The van der Waals surface area contributed by atoms with E-state index in [4.69, 9.17) is 55.1 Å². The zero-order chi connectivity index (χ0) is 111. The van der Waals surface area contributed by atoms with Gasteiger partial charge in [0.25, 0.3) is 0 Å². The molecule has 63 heteroatoms. The number of ether oxygens (including phenoxy) is 8. The fraction of sp³-hybridized carbons (Fsp3) is 0.738. The van der Waals surface area contributed by atoms with Crippen molar-refractivity contribution in [2.45, 2.75) is 317 Å². The van der Waals surface area contributed by atoms with Crippen molar-refractivity contribution in [3.05, 3.63) is 0 Å². The van der Waals surface area contributed by atoms with Gasteiger partial charge in [0.1, 0.15) is 158 Å². The second kappa shape index (κ2) is 63.3. The Balaban J connectivity index is 1.21. The highest BCUT2D eigenvalue weighted by Crippen LogP contribution is 2.34. The summed E-state index contributed by atoms with van der Waals surface area (Å²) in [6, 6.07) is -18.3. The van der Waals surface area contributed by atoms with E-state index < -0.39 is 398 Å². The number of carboxylic acids is 1. The molecule has 0 aromatic rings. The minimum Gasteiger partial charge on any atom is -0.480 e. The number of hydrogen-bond donors (Lipinski definition) is 33. The number of rotatable bonds is 61. The summed E-state index contributed by atoms with van der Waals surface area (Å²) in [6.07, 6.45) is -32.8. The summed E-state index contributed by atoms with van der Waals surface area (Å²) in [6.45, 7) is 3.67. The number of carbonyl (C=O) groups is 22. The monoisotopic (exact) mass is 2110 g/mol. The van der Waals surface area contributed by atoms with E-state index in [1.54, 1.807) is 0 Å². The molecule has 21 amide bonds. The van der Waals surface area contributed by atoms with Crippen molar-refractivity contribution in [2.24, 2.45) is 17.2 Å². The van der Waals surface area contributed by atoms with Crippen LogP contribution in [0.2, 0.25) is 0 Å². The number of nitrogens with two attached hydrogens (primary N) is 3. The number of amides is 21. The molecule has 0 bridgehead atoms. The van der Waals surface area contributed by atoms with Crippen molar-refractivity contribution in [1.82, 2.24) is 101 Å². The fourth-order valence-electron chi connectivity index (χ4n) is 14.8. The molecule has 4 saturated heterocycles. The molecule has 36 N–H and O–H groups in total. The predicted octanol–water partition coefficient (Wildman–Crippen LogP) is -19.7. The molecule has 4 fully saturated rings. The van der Waals surface area contributed by atoms with Gasteiger partial charge < -0.3 is 212 Å². The number of aliphatic hydroxyl groups is 10. The minimum absolute atomic E-state index is 0.0713. The number of aliphatic carboxylic acids is 1. The van der Waals surface area contributed by atoms with Crippen LogP contribution >= 0.6 is 0 Å². The molecular weight excluding hydrogens is 1970 g/mol. The van der Waals surface area contributed by atoms with Crippen LogP contribution in [0, 0.1) is 0 Å². The lowest BCUT2D eigenvalue weighted by molar-refractivity contribution is -0.333. The molecule has 30 unspecified atom stereocenters. The van der Waals surface area contributed by atoms with Gasteiger partial charge in [-0.1, -0.05) is 0 Å². The Labute approximate surface area is 840 Å². The maximum absolute atomic E-state index is 13.8. The molecule has 0 spiro atoms. The zero-order valence-electron chi connectivity index (χ0n) is 82.3. The third-order valence-corrected chi connectivity index (χ3v) is 22.8. The number of carboxylic acid groups (broad SMARTS) is 1. The van der Waals surface area contributed by atoms with Crippen molar-refractivity contribution < 1.29 is 200 Å². The quantitative estimate of drug-likeness (QED) is 0.0251. The van der Waals surface area contributed by atoms with Gasteiger partial charge in [-0.3, -0.25) is 105 Å². The molecule has 4 heterocycles. The lowest BCUT2D eigenvalue weighted by atomic mass is 9.94. The Morgan fingerprint density at radius 1 is 0.313 bits per heavy atom. The number of primary amides is 2. The molecule has 0 aromatic heterocycles. The number of hydrogen-bond acceptors (Lipinski definition) is 41. The molecular formula is C84H140N22O41. The van der Waals surface area contributed by atoms with Crippen molar-refractivity contribution in [2.75, 3.05) is 78.8 Å². The Kier molecular flexibility index (Phi) is 54.6. The van der Waals surface area contributed by atoms with Crippen LogP contribution in [0.15, 0.2) is 0 Å². The maximum Gasteiger partial charge on any atom is 0.325 e. The summed E-state index contributed by atoms with van der Waals surface area (Å²) >= 11 is 0. The van der Waals surface area contributed by atoms with Gasteiger partial charge in [-0.05, 0) is 92.9 Å². The zero-order valence-corrected chi connectivity index (χ0v) is 82.3. The summed E-state index contributed by atoms with van der Waals surface area (Å²) in [5.74, 6) is -20.6. The minimum atomic E-state index is -1.96. The number of nitrogens with one attached hydrogen (secondary N) is 19. The van der Waals surface area contributed by atoms with Crippen LogP contribution in [-0.2, 0) is 143 Å². The van der Waals surface area contributed by atoms with Gasteiger partial charge in [0.2, 0.25) is 124 Å². The summed E-state index contributed by atoms with van der Waals surface area (Å²) in [4.78, 5) is 283. The van der Waals surface area contributed by atoms with E-state index in [1.165, 1.54) is 13.8 Å². The van der Waals surface area contributed by atoms with E-state index in [-0.39, 0.29) is 58.2 Å². The van der Waals surface area contributed by atoms with Gasteiger partial charge in [0.05, 0.1) is 65.7 Å². The highest BCUT2D eigenvalue weighted by Gasteiger charge is 2.56. The highest BCUT2D eigenvalue weighted by molar-refractivity contribution is 5.97. The Bertz CT molecular complexity index is 4500. The normalized spacial score (nSPS) is 25.6. The molecule has 0 radical (unpaired) electrons. The van der Waals surface area contributed by atoms with Gasteiger partial charge in [0.15, 0.2) is 25.2 Å². The van der Waals surface area contributed by atoms with Crippen LogP contribution in [0.5, 0.6) is 0 Å². The van der Waals surface area contributed by atoms with Crippen molar-refractivity contribution in [1.29, 1.82) is 0 Å². The average Bonchev–Trinajstić information content (AvgIpc) is 0.774. The van der Waals surface area contributed by atoms with Gasteiger partial charge in [0, 0.05) is 53.6 Å². The van der Waals surface area contributed by atoms with Gasteiger partial charge in [-0.15, -0.1) is 0 Å². The van der Waals surface area contributed by atoms with Gasteiger partial charge in [-0.25, -0.2) is 0 Å². The topological polar surface area (TPSA) is 979 Å². The third-order valence-electron chi connectivity index (χ3n) is 22.8. The van der Waals surface area contributed by atoms with Crippen LogP contribution in [0.4, 0.5) is 0 Å². The number of aliphatic hydroxyl groups excluding tert-OH is 10. The van der Waals surface area contributed by atoms with Crippen LogP contribution in [0.1, 0.15) is 133 Å². The first-order valence-corrected chi connectivity index (χ1v) is 46.8. The predicted molar refractivity (Wildman–Crippen MR) is 491 cm³/mol. The van der Waals surface area contributed by atoms with Crippen LogP contribution in [0.3, 0.4) is 0 Å². The van der Waals surface area contributed by atoms with E-state index in [0.29, 0.717) is 0 Å². The first-order valence-electron chi connectivity index (χ1n) is 46.8. The Morgan fingerprint density at radius 3 is 0.939 bits per heavy atom. The maximum atomic E-state index is 13.8. The second-order valence-electron chi connectivity index (χ2n) is 34.7. The third kappa shape index (κ3) is 42.8. The molecule has 147 heavy (non-hydrogen) atoms. The molecule has 0 aromatic carbocycles. The molecule has 832 valence electrons. The largest absolute Gasteiger partial charge is 0.480 e. The van der Waals surface area contributed by atoms with Crippen LogP contribution in [-0.4, -0.2) is 448 Å². The molecule has 0 aliphatic carbocycles. The first kappa shape index (κ1) is 127. The molecule has 4 aliphatic rings. The smallest absolute Gasteiger partial charge is 0.325 e. The molecule has 0 saturated carbocycles. The lowest BCUT2D eigenvalue weighted by Crippen LogP contribution is -2.70. The Hall–Kier alpha value is -12.4. The van der Waals surface area contributed by atoms with E-state index in [2.05, 4.69) is 101 Å². The number of unbranched alkanes of at least 4 members (excludes halogenated alkanes) is 2. The second-order valence-corrected chi connectivity index (χ2v) is 34.7. The summed E-state index contributed by atoms with van der Waals surface area (Å²) in [7, 11) is 0. The van der Waals surface area contributed by atoms with E-state index in [1.807, 2.05) is 0 Å². The van der Waals surface area contributed by atoms with Crippen LogP contribution < -0.4 is 118 Å². The highest BCUT2D eigenvalue weighted by atomic mass is 16.7. The average molecular weight is 2110 g/mol. The number of carbonyl (C=O) groups excluding carboxylic acids is 21. The SMILES string of the molecule is CC(=O)NC1C(OC2C(CO)OC(O)C(NC(C)=O)C2OC(C)C(=O)NC(C)C(=O)NC(CCC(=O)NC(CCCCNC(=O)CNC(=O)CNC(=O)CNC(=O)CNC(=O)CNC(=O)C(C)NC(=O)C(CCCCNC(=O)CN)NC(=O)CCC(NC(=O)C(C)NC(=O)C(C)OC2C(NC(C)=O)C(O)OC(CO)C2OC2OC(CO)C(O)C(O)C2NC(C)=O)C(N)=O)C(=O)NC(C)C(=O)O)C(N)=O)OC(CO)C(O)C1O. The Morgan fingerprint density at radius 2 is 0.619 bits per heavy atom. The van der Waals surface area contributed by atoms with E-state index in [9.17, 15) is 162 Å². The van der Waals surface area contributed by atoms with Crippen molar-refractivity contribution in [3.8, 4) is 0 Å². The van der Waals surface area contributed by atoms with E-state index >= 15 is 0 Å². The molecule has 30 atom stereocenters. The molecule has 63 nitrogen and oxygen atoms in total. The molecule has 4 aliphatic heterocycles. The summed E-state index contributed by atoms with van der Waals surface area (Å²) in [5, 5.41) is 159. The standard InChI is InChI=1S/C84H140N22O41/c1-33(97-78(134)45(15-11-13-21-88-53(117)23-85)103-51(115)19-17-43(71(86)127)105-74(130)34(2)95-76(132)37(5)140-69-61(101-41(9)113)81(138)142-49(31-109)67(69)146-83-59(99-39(7)111)65(125)63(123)47(29-107)144-83)73(129)94-28-58(122)93-27-57(121)92-26-56(120)91-25-55(119)90-24-54(118)89-22-14-12-16-46(79(135)98-36(4)80(136)137)104-52(116)20-18-44(72(87)128)106-75(131)35(3)96-77(133)38(6)141-70-62(102-42(10)114)82(139)143-50(32-110)68(70)147-84-60(100-40(8)112)66(126)64(124)48(30-108)145-84/h33-38,43-50,59-70,81-84,107-110,123-126,138-139H,11-32,85H2,1-10H3,(H2,86,127)(H2,87,128)(H,88,117)(H,89,118)(H,90,119)(H,91,120)(H,92,121)(H,93,122)(H,94,129)(H,95,132)(H,96,133)(H,97,134)(H,98,135)(H,99,111)(H,100,112)(H,101,113)(H,102,114)(H,103,115)(H,104,116)(H,105,130)(H,106,131)(H,136,137). The fourth-order valence-corrected chi connectivity index (χ4v) is 14.8. The van der Waals surface area contributed by atoms with Crippen molar-refractivity contribution in [3.63, 3.8) is 0 Å². The lowest BCUT2D eigenvalue weighted by Gasteiger charge is -2.48. The molecule has 4 rings (SSSR count). The summed E-state index contributed by atoms with van der Waals surface area (Å²) in [5.41, 5.74) is 16.5. The summed E-state index contributed by atoms with van der Waals surface area (Å²) < 4.78 is 46.6. The van der Waals surface area contributed by atoms with Crippen LogP contribution in [0.25, 0.3) is 0 Å².